The predicted molar refractivity (Wildman–Crippen MR) is 130 cm³/mol. The zero-order valence-corrected chi connectivity index (χ0v) is 19.9. The molecule has 1 saturated heterocycles. The van der Waals surface area contributed by atoms with Crippen LogP contribution < -0.4 is 5.32 Å². The smallest absolute Gasteiger partial charge is 0.407 e. The highest BCUT2D eigenvalue weighted by Crippen LogP contribution is 2.23. The molecule has 2 aromatic carbocycles. The van der Waals surface area contributed by atoms with Crippen LogP contribution in [0.3, 0.4) is 0 Å². The highest BCUT2D eigenvalue weighted by molar-refractivity contribution is 5.91. The summed E-state index contributed by atoms with van der Waals surface area (Å²) in [5.74, 6) is 0.941. The van der Waals surface area contributed by atoms with E-state index in [0.29, 0.717) is 31.4 Å². The first-order valence-electron chi connectivity index (χ1n) is 11.6. The van der Waals surface area contributed by atoms with Crippen molar-refractivity contribution in [3.05, 3.63) is 66.5 Å². The molecule has 1 aliphatic rings. The fraction of sp³-hybridized carbons (Fsp3) is 0.385. The van der Waals surface area contributed by atoms with E-state index >= 15 is 0 Å². The number of nitrogens with one attached hydrogen (secondary N) is 1. The number of amides is 2. The van der Waals surface area contributed by atoms with Gasteiger partial charge in [-0.05, 0) is 51.7 Å². The number of likely N-dealkylation sites (tertiary alicyclic amines) is 1. The van der Waals surface area contributed by atoms with Crippen molar-refractivity contribution >= 4 is 12.0 Å². The summed E-state index contributed by atoms with van der Waals surface area (Å²) < 4.78 is 7.02. The number of rotatable bonds is 5. The van der Waals surface area contributed by atoms with Gasteiger partial charge in [0.2, 0.25) is 5.82 Å². The van der Waals surface area contributed by atoms with Crippen LogP contribution in [-0.4, -0.2) is 56.9 Å². The van der Waals surface area contributed by atoms with Crippen molar-refractivity contribution in [3.63, 3.8) is 0 Å². The first-order valence-corrected chi connectivity index (χ1v) is 11.6. The standard InChI is InChI=1S/C26H31N5O3/c1-26(2,3)34-25(33)27-18-19-14-16-30(17-15-19)24(32)22-28-23(20-10-6-4-7-11-20)31(29-22)21-12-8-5-9-13-21/h4-13,19H,14-18H2,1-3H3,(H,27,33). The molecule has 1 aliphatic heterocycles. The third-order valence-electron chi connectivity index (χ3n) is 5.67. The molecule has 0 aliphatic carbocycles. The number of carbonyl (C=O) groups excluding carboxylic acids is 2. The second kappa shape index (κ2) is 10.1. The zero-order valence-electron chi connectivity index (χ0n) is 19.9. The molecule has 178 valence electrons. The van der Waals surface area contributed by atoms with E-state index < -0.39 is 11.7 Å². The lowest BCUT2D eigenvalue weighted by Gasteiger charge is -2.31. The van der Waals surface area contributed by atoms with E-state index in [-0.39, 0.29) is 11.7 Å². The number of alkyl carbamates (subject to hydrolysis) is 1. The number of ether oxygens (including phenoxy) is 1. The largest absolute Gasteiger partial charge is 0.444 e. The fourth-order valence-corrected chi connectivity index (χ4v) is 3.95. The number of para-hydroxylation sites is 1. The summed E-state index contributed by atoms with van der Waals surface area (Å²) >= 11 is 0. The average molecular weight is 462 g/mol. The minimum absolute atomic E-state index is 0.176. The number of nitrogens with zero attached hydrogens (tertiary/aromatic N) is 4. The zero-order chi connectivity index (χ0) is 24.1. The molecule has 4 rings (SSSR count). The lowest BCUT2D eigenvalue weighted by molar-refractivity contribution is 0.0499. The monoisotopic (exact) mass is 461 g/mol. The van der Waals surface area contributed by atoms with Crippen LogP contribution >= 0.6 is 0 Å². The predicted octanol–water partition coefficient (Wildman–Crippen LogP) is 4.31. The Hall–Kier alpha value is -3.68. The summed E-state index contributed by atoms with van der Waals surface area (Å²) in [7, 11) is 0. The average Bonchev–Trinajstić information content (AvgIpc) is 3.28. The molecule has 1 aromatic heterocycles. The minimum atomic E-state index is -0.519. The molecule has 0 radical (unpaired) electrons. The molecule has 34 heavy (non-hydrogen) atoms. The first kappa shape index (κ1) is 23.5. The van der Waals surface area contributed by atoms with E-state index in [1.54, 1.807) is 9.58 Å². The summed E-state index contributed by atoms with van der Waals surface area (Å²) in [5.41, 5.74) is 1.22. The molecule has 3 aromatic rings. The summed E-state index contributed by atoms with van der Waals surface area (Å²) in [6, 6.07) is 19.4. The molecule has 0 bridgehead atoms. The van der Waals surface area contributed by atoms with Crippen molar-refractivity contribution in [1.29, 1.82) is 0 Å². The number of hydrogen-bond donors (Lipinski definition) is 1. The normalized spacial score (nSPS) is 14.6. The van der Waals surface area contributed by atoms with Crippen molar-refractivity contribution in [1.82, 2.24) is 25.0 Å². The Morgan fingerprint density at radius 3 is 2.24 bits per heavy atom. The molecular formula is C26H31N5O3. The van der Waals surface area contributed by atoms with Crippen molar-refractivity contribution in [3.8, 4) is 17.1 Å². The van der Waals surface area contributed by atoms with E-state index in [4.69, 9.17) is 4.74 Å². The van der Waals surface area contributed by atoms with Crippen LogP contribution in [0.5, 0.6) is 0 Å². The number of hydrogen-bond acceptors (Lipinski definition) is 5. The first-order chi connectivity index (χ1) is 16.3. The molecule has 8 nitrogen and oxygen atoms in total. The maximum absolute atomic E-state index is 13.3. The van der Waals surface area contributed by atoms with Crippen LogP contribution in [0.2, 0.25) is 0 Å². The molecule has 0 spiro atoms. The number of carbonyl (C=O) groups is 2. The molecular weight excluding hydrogens is 430 g/mol. The van der Waals surface area contributed by atoms with E-state index in [2.05, 4.69) is 15.4 Å². The number of piperidine rings is 1. The topological polar surface area (TPSA) is 89.4 Å². The molecule has 2 heterocycles. The molecule has 0 atom stereocenters. The highest BCUT2D eigenvalue weighted by Gasteiger charge is 2.28. The van der Waals surface area contributed by atoms with E-state index in [9.17, 15) is 9.59 Å². The van der Waals surface area contributed by atoms with Crippen LogP contribution in [-0.2, 0) is 4.74 Å². The summed E-state index contributed by atoms with van der Waals surface area (Å²) in [6.45, 7) is 7.25. The fourth-order valence-electron chi connectivity index (χ4n) is 3.95. The van der Waals surface area contributed by atoms with Gasteiger partial charge in [-0.25, -0.2) is 14.5 Å². The Labute approximate surface area is 199 Å². The van der Waals surface area contributed by atoms with Crippen LogP contribution in [0.1, 0.15) is 44.2 Å². The maximum atomic E-state index is 13.3. The van der Waals surface area contributed by atoms with Gasteiger partial charge in [-0.15, -0.1) is 5.10 Å². The van der Waals surface area contributed by atoms with Gasteiger partial charge in [-0.1, -0.05) is 48.5 Å². The summed E-state index contributed by atoms with van der Waals surface area (Å²) in [5, 5.41) is 7.42. The number of benzene rings is 2. The van der Waals surface area contributed by atoms with Crippen LogP contribution in [0.15, 0.2) is 60.7 Å². The SMILES string of the molecule is CC(C)(C)OC(=O)NCC1CCN(C(=O)c2nc(-c3ccccc3)n(-c3ccccc3)n2)CC1. The maximum Gasteiger partial charge on any atom is 0.407 e. The van der Waals surface area contributed by atoms with E-state index in [1.807, 2.05) is 81.4 Å². The molecule has 8 heteroatoms. The van der Waals surface area contributed by atoms with Crippen molar-refractivity contribution < 1.29 is 14.3 Å². The van der Waals surface area contributed by atoms with Crippen LogP contribution in [0, 0.1) is 5.92 Å². The Kier molecular flexibility index (Phi) is 6.95. The van der Waals surface area contributed by atoms with Gasteiger partial charge in [0.25, 0.3) is 5.91 Å². The van der Waals surface area contributed by atoms with Crippen molar-refractivity contribution in [2.45, 2.75) is 39.2 Å². The van der Waals surface area contributed by atoms with Crippen molar-refractivity contribution in [2.75, 3.05) is 19.6 Å². The van der Waals surface area contributed by atoms with Gasteiger partial charge < -0.3 is 15.0 Å². The Morgan fingerprint density at radius 1 is 1.00 bits per heavy atom. The Balaban J connectivity index is 1.43. The van der Waals surface area contributed by atoms with Gasteiger partial charge in [0.1, 0.15) is 5.60 Å². The number of aromatic nitrogens is 3. The molecule has 1 N–H and O–H groups in total. The molecule has 0 unspecified atom stereocenters. The van der Waals surface area contributed by atoms with Gasteiger partial charge >= 0.3 is 6.09 Å². The van der Waals surface area contributed by atoms with Crippen LogP contribution in [0.4, 0.5) is 4.79 Å². The van der Waals surface area contributed by atoms with E-state index in [1.165, 1.54) is 0 Å². The second-order valence-electron chi connectivity index (χ2n) is 9.49. The quantitative estimate of drug-likeness (QED) is 0.612. The minimum Gasteiger partial charge on any atom is -0.444 e. The molecule has 0 saturated carbocycles. The Morgan fingerprint density at radius 2 is 1.62 bits per heavy atom. The second-order valence-corrected chi connectivity index (χ2v) is 9.49. The van der Waals surface area contributed by atoms with Gasteiger partial charge in [0, 0.05) is 25.2 Å². The highest BCUT2D eigenvalue weighted by atomic mass is 16.6. The summed E-state index contributed by atoms with van der Waals surface area (Å²) in [4.78, 5) is 31.6. The lowest BCUT2D eigenvalue weighted by atomic mass is 9.97. The van der Waals surface area contributed by atoms with Gasteiger partial charge in [-0.2, -0.15) is 0 Å². The molecule has 1 fully saturated rings. The van der Waals surface area contributed by atoms with Gasteiger partial charge in [-0.3, -0.25) is 4.79 Å². The van der Waals surface area contributed by atoms with Crippen molar-refractivity contribution in [2.24, 2.45) is 5.92 Å². The third-order valence-corrected chi connectivity index (χ3v) is 5.67. The molecule has 2 amide bonds. The van der Waals surface area contributed by atoms with Gasteiger partial charge in [0.15, 0.2) is 5.82 Å². The summed E-state index contributed by atoms with van der Waals surface area (Å²) in [6.07, 6.45) is 1.19. The van der Waals surface area contributed by atoms with Crippen LogP contribution in [0.25, 0.3) is 17.1 Å². The Bertz CT molecular complexity index is 1060. The lowest BCUT2D eigenvalue weighted by Crippen LogP contribution is -2.42. The third kappa shape index (κ3) is 5.81. The van der Waals surface area contributed by atoms with Gasteiger partial charge in [0.05, 0.1) is 5.69 Å². The van der Waals surface area contributed by atoms with E-state index in [0.717, 1.165) is 24.1 Å².